The third-order valence-electron chi connectivity index (χ3n) is 4.05. The molecule has 3 rings (SSSR count). The molecule has 0 saturated carbocycles. The molecule has 1 N–H and O–H groups in total. The van der Waals surface area contributed by atoms with Gasteiger partial charge in [-0.15, -0.1) is 5.10 Å². The minimum Gasteiger partial charge on any atom is -0.465 e. The molecule has 2 aromatic heterocycles. The van der Waals surface area contributed by atoms with E-state index in [1.54, 1.807) is 35.9 Å². The van der Waals surface area contributed by atoms with E-state index in [0.29, 0.717) is 27.3 Å². The molecule has 0 spiro atoms. The lowest BCUT2D eigenvalue weighted by molar-refractivity contribution is -0.141. The topological polar surface area (TPSA) is 112 Å². The first-order valence-corrected chi connectivity index (χ1v) is 10.8. The lowest BCUT2D eigenvalue weighted by Crippen LogP contribution is -2.31. The van der Waals surface area contributed by atoms with Crippen LogP contribution in [0, 0.1) is 13.8 Å². The summed E-state index contributed by atoms with van der Waals surface area (Å²) in [6.07, 6.45) is 0. The number of nitrogens with one attached hydrogen (secondary N) is 1. The number of halogens is 1. The van der Waals surface area contributed by atoms with E-state index in [2.05, 4.69) is 25.6 Å². The minimum atomic E-state index is -0.527. The van der Waals surface area contributed by atoms with Crippen LogP contribution in [-0.4, -0.2) is 50.0 Å². The van der Waals surface area contributed by atoms with Gasteiger partial charge in [0, 0.05) is 22.2 Å². The molecule has 0 unspecified atom stereocenters. The maximum absolute atomic E-state index is 12.7. The van der Waals surface area contributed by atoms with Gasteiger partial charge < -0.3 is 10.1 Å². The van der Waals surface area contributed by atoms with Crippen LogP contribution in [0.5, 0.6) is 0 Å². The Bertz CT molecular complexity index is 1070. The minimum absolute atomic E-state index is 0.108. The van der Waals surface area contributed by atoms with Gasteiger partial charge >= 0.3 is 5.97 Å². The van der Waals surface area contributed by atoms with Gasteiger partial charge in [-0.1, -0.05) is 28.6 Å². The average Bonchev–Trinajstić information content (AvgIpc) is 3.14. The number of amides is 1. The van der Waals surface area contributed by atoms with Crippen molar-refractivity contribution in [3.05, 3.63) is 58.1 Å². The summed E-state index contributed by atoms with van der Waals surface area (Å²) >= 11 is 7.35. The number of carbonyl (C=O) groups is 2. The van der Waals surface area contributed by atoms with Gasteiger partial charge in [-0.2, -0.15) is 0 Å². The normalized spacial score (nSPS) is 10.7. The molecule has 0 aliphatic rings. The van der Waals surface area contributed by atoms with Crippen molar-refractivity contribution >= 4 is 35.2 Å². The van der Waals surface area contributed by atoms with E-state index in [9.17, 15) is 9.59 Å². The Morgan fingerprint density at radius 2 is 1.84 bits per heavy atom. The number of thioether (sulfide) groups is 1. The highest BCUT2D eigenvalue weighted by atomic mass is 35.5. The largest absolute Gasteiger partial charge is 0.465 e. The lowest BCUT2D eigenvalue weighted by Gasteiger charge is -2.09. The van der Waals surface area contributed by atoms with Gasteiger partial charge in [-0.05, 0) is 51.1 Å². The number of aryl methyl sites for hydroxylation is 2. The molecular weight excluding hydrogens is 440 g/mol. The Hall–Kier alpha value is -2.98. The number of ether oxygens (including phenoxy) is 1. The highest BCUT2D eigenvalue weighted by molar-refractivity contribution is 7.98. The van der Waals surface area contributed by atoms with Crippen LogP contribution in [0.25, 0.3) is 5.69 Å². The van der Waals surface area contributed by atoms with Crippen LogP contribution in [0.4, 0.5) is 0 Å². The Morgan fingerprint density at radius 3 is 2.48 bits per heavy atom. The average molecular weight is 461 g/mol. The molecule has 9 nitrogen and oxygen atoms in total. The van der Waals surface area contributed by atoms with Crippen molar-refractivity contribution in [2.24, 2.45) is 0 Å². The zero-order chi connectivity index (χ0) is 22.4. The summed E-state index contributed by atoms with van der Waals surface area (Å²) in [4.78, 5) is 33.1. The number of hydrogen-bond acceptors (Lipinski definition) is 8. The molecule has 2 heterocycles. The van der Waals surface area contributed by atoms with Crippen molar-refractivity contribution in [3.8, 4) is 5.69 Å². The van der Waals surface area contributed by atoms with Gasteiger partial charge in [0.25, 0.3) is 5.91 Å². The summed E-state index contributed by atoms with van der Waals surface area (Å²) in [6, 6.07) is 8.89. The number of nitrogens with zero attached hydrogens (tertiary/aromatic N) is 5. The quantitative estimate of drug-likeness (QED) is 0.310. The van der Waals surface area contributed by atoms with Gasteiger partial charge in [0.05, 0.1) is 18.0 Å². The van der Waals surface area contributed by atoms with E-state index in [0.717, 1.165) is 11.4 Å². The van der Waals surface area contributed by atoms with E-state index in [1.165, 1.54) is 11.8 Å². The standard InChI is InChI=1S/C20H21ClN6O3S/c1-4-30-17(28)10-22-19(29)18-16(11-31-20-23-12(2)9-13(3)24-20)27(26-25-18)15-7-5-14(21)6-8-15/h5-9H,4,10-11H2,1-3H3,(H,22,29). The molecule has 162 valence electrons. The number of carbonyl (C=O) groups excluding carboxylic acids is 2. The number of esters is 1. The summed E-state index contributed by atoms with van der Waals surface area (Å²) in [5.41, 5.74) is 3.05. The molecule has 11 heteroatoms. The van der Waals surface area contributed by atoms with Gasteiger partial charge in [0.1, 0.15) is 6.54 Å². The van der Waals surface area contributed by atoms with Crippen molar-refractivity contribution < 1.29 is 14.3 Å². The zero-order valence-electron chi connectivity index (χ0n) is 17.3. The molecule has 0 fully saturated rings. The van der Waals surface area contributed by atoms with Crippen molar-refractivity contribution in [3.63, 3.8) is 0 Å². The Balaban J connectivity index is 1.88. The third kappa shape index (κ3) is 6.02. The summed E-state index contributed by atoms with van der Waals surface area (Å²) in [7, 11) is 0. The van der Waals surface area contributed by atoms with Gasteiger partial charge in [-0.25, -0.2) is 14.6 Å². The smallest absolute Gasteiger partial charge is 0.325 e. The van der Waals surface area contributed by atoms with Crippen molar-refractivity contribution in [1.29, 1.82) is 0 Å². The second kappa shape index (κ2) is 10.4. The summed E-state index contributed by atoms with van der Waals surface area (Å²) in [6.45, 7) is 5.47. The Labute approximate surface area is 188 Å². The molecule has 1 aromatic carbocycles. The van der Waals surface area contributed by atoms with Crippen LogP contribution in [0.3, 0.4) is 0 Å². The van der Waals surface area contributed by atoms with E-state index in [-0.39, 0.29) is 18.8 Å². The molecule has 1 amide bonds. The molecule has 0 radical (unpaired) electrons. The highest BCUT2D eigenvalue weighted by Gasteiger charge is 2.22. The summed E-state index contributed by atoms with van der Waals surface area (Å²) in [5.74, 6) is -0.716. The summed E-state index contributed by atoms with van der Waals surface area (Å²) in [5, 5.41) is 11.9. The van der Waals surface area contributed by atoms with Crippen LogP contribution in [0.2, 0.25) is 5.02 Å². The highest BCUT2D eigenvalue weighted by Crippen LogP contribution is 2.24. The van der Waals surface area contributed by atoms with Gasteiger partial charge in [-0.3, -0.25) is 9.59 Å². The predicted octanol–water partition coefficient (Wildman–Crippen LogP) is 2.91. The zero-order valence-corrected chi connectivity index (χ0v) is 18.8. The fourth-order valence-corrected chi connectivity index (χ4v) is 3.80. The Kier molecular flexibility index (Phi) is 7.59. The lowest BCUT2D eigenvalue weighted by atomic mass is 10.3. The van der Waals surface area contributed by atoms with Crippen LogP contribution >= 0.6 is 23.4 Å². The molecule has 31 heavy (non-hydrogen) atoms. The number of aromatic nitrogens is 5. The SMILES string of the molecule is CCOC(=O)CNC(=O)c1nnn(-c2ccc(Cl)cc2)c1CSc1nc(C)cc(C)n1. The third-order valence-corrected chi connectivity index (χ3v) is 5.16. The molecule has 0 aliphatic carbocycles. The van der Waals surface area contributed by atoms with Crippen LogP contribution in [0.1, 0.15) is 34.5 Å². The second-order valence-corrected chi connectivity index (χ2v) is 7.86. The van der Waals surface area contributed by atoms with E-state index < -0.39 is 11.9 Å². The molecule has 0 saturated heterocycles. The summed E-state index contributed by atoms with van der Waals surface area (Å²) < 4.78 is 6.40. The fraction of sp³-hybridized carbons (Fsp3) is 0.300. The fourth-order valence-electron chi connectivity index (χ4n) is 2.74. The van der Waals surface area contributed by atoms with Crippen LogP contribution < -0.4 is 5.32 Å². The predicted molar refractivity (Wildman–Crippen MR) is 116 cm³/mol. The number of benzene rings is 1. The molecule has 0 aliphatic heterocycles. The van der Waals surface area contributed by atoms with Crippen LogP contribution in [0.15, 0.2) is 35.5 Å². The van der Waals surface area contributed by atoms with E-state index in [1.807, 2.05) is 19.9 Å². The van der Waals surface area contributed by atoms with Crippen molar-refractivity contribution in [2.45, 2.75) is 31.7 Å². The first-order chi connectivity index (χ1) is 14.9. The molecular formula is C20H21ClN6O3S. The Morgan fingerprint density at radius 1 is 1.16 bits per heavy atom. The molecule has 3 aromatic rings. The second-order valence-electron chi connectivity index (χ2n) is 6.48. The van der Waals surface area contributed by atoms with E-state index >= 15 is 0 Å². The maximum Gasteiger partial charge on any atom is 0.325 e. The first-order valence-electron chi connectivity index (χ1n) is 9.46. The number of rotatable bonds is 8. The van der Waals surface area contributed by atoms with Crippen molar-refractivity contribution in [2.75, 3.05) is 13.2 Å². The maximum atomic E-state index is 12.7. The van der Waals surface area contributed by atoms with Gasteiger partial charge in [0.15, 0.2) is 10.9 Å². The first kappa shape index (κ1) is 22.7. The monoisotopic (exact) mass is 460 g/mol. The van der Waals surface area contributed by atoms with Crippen molar-refractivity contribution in [1.82, 2.24) is 30.3 Å². The van der Waals surface area contributed by atoms with Gasteiger partial charge in [0.2, 0.25) is 0 Å². The molecule has 0 atom stereocenters. The van der Waals surface area contributed by atoms with E-state index in [4.69, 9.17) is 16.3 Å². The molecule has 0 bridgehead atoms. The number of hydrogen-bond donors (Lipinski definition) is 1. The van der Waals surface area contributed by atoms with Crippen LogP contribution in [-0.2, 0) is 15.3 Å².